The van der Waals surface area contributed by atoms with Gasteiger partial charge in [0.1, 0.15) is 17.7 Å². The van der Waals surface area contributed by atoms with Crippen LogP contribution in [0.1, 0.15) is 41.4 Å². The van der Waals surface area contributed by atoms with Crippen LogP contribution in [0.15, 0.2) is 35.5 Å². The molecule has 4 heterocycles. The molecular weight excluding hydrogens is 437 g/mol. The first-order valence-corrected chi connectivity index (χ1v) is 11.7. The fourth-order valence-corrected chi connectivity index (χ4v) is 4.44. The van der Waals surface area contributed by atoms with Crippen molar-refractivity contribution in [3.8, 4) is 0 Å². The van der Waals surface area contributed by atoms with E-state index in [0.29, 0.717) is 19.3 Å². The van der Waals surface area contributed by atoms with Crippen molar-refractivity contribution in [1.82, 2.24) is 30.2 Å². The lowest BCUT2D eigenvalue weighted by Gasteiger charge is -2.35. The molecule has 1 saturated carbocycles. The SMILES string of the molecule is CCc1cc2ncc(CN3CCN(c4cnc(C(=O)NC5CC(F)C5)cn4)CC3)cc2[nH]c1=O. The number of aromatic amines is 1. The molecule has 0 bridgehead atoms. The summed E-state index contributed by atoms with van der Waals surface area (Å²) < 4.78 is 12.9. The number of nitrogens with zero attached hydrogens (tertiary/aromatic N) is 5. The number of piperazine rings is 1. The lowest BCUT2D eigenvalue weighted by Crippen LogP contribution is -2.46. The molecule has 34 heavy (non-hydrogen) atoms. The first-order valence-electron chi connectivity index (χ1n) is 11.7. The molecule has 1 aliphatic carbocycles. The molecule has 1 amide bonds. The normalized spacial score (nSPS) is 20.8. The van der Waals surface area contributed by atoms with E-state index in [1.54, 1.807) is 6.20 Å². The van der Waals surface area contributed by atoms with Gasteiger partial charge in [-0.1, -0.05) is 6.92 Å². The van der Waals surface area contributed by atoms with Crippen molar-refractivity contribution in [3.05, 3.63) is 57.9 Å². The maximum atomic E-state index is 12.9. The van der Waals surface area contributed by atoms with Gasteiger partial charge in [0.05, 0.1) is 23.4 Å². The molecule has 2 fully saturated rings. The largest absolute Gasteiger partial charge is 0.353 e. The highest BCUT2D eigenvalue weighted by Crippen LogP contribution is 2.23. The maximum absolute atomic E-state index is 12.9. The summed E-state index contributed by atoms with van der Waals surface area (Å²) in [6, 6.07) is 3.76. The van der Waals surface area contributed by atoms with Crippen LogP contribution in [0.2, 0.25) is 0 Å². The predicted molar refractivity (Wildman–Crippen MR) is 127 cm³/mol. The molecular formula is C24H28FN7O2. The van der Waals surface area contributed by atoms with Gasteiger partial charge in [0.25, 0.3) is 11.5 Å². The van der Waals surface area contributed by atoms with Gasteiger partial charge in [0.2, 0.25) is 0 Å². The van der Waals surface area contributed by atoms with Crippen LogP contribution >= 0.6 is 0 Å². The first-order chi connectivity index (χ1) is 16.5. The van der Waals surface area contributed by atoms with E-state index in [2.05, 4.69) is 35.1 Å². The van der Waals surface area contributed by atoms with E-state index >= 15 is 0 Å². The number of carbonyl (C=O) groups excluding carboxylic acids is 1. The number of carbonyl (C=O) groups is 1. The zero-order chi connectivity index (χ0) is 23.7. The summed E-state index contributed by atoms with van der Waals surface area (Å²) in [6.45, 7) is 5.98. The first kappa shape index (κ1) is 22.4. The van der Waals surface area contributed by atoms with Crippen LogP contribution in [0.25, 0.3) is 11.0 Å². The van der Waals surface area contributed by atoms with Crippen molar-refractivity contribution in [1.29, 1.82) is 0 Å². The summed E-state index contributed by atoms with van der Waals surface area (Å²) >= 11 is 0. The second-order valence-corrected chi connectivity index (χ2v) is 9.02. The Balaban J connectivity index is 1.15. The van der Waals surface area contributed by atoms with Gasteiger partial charge >= 0.3 is 0 Å². The van der Waals surface area contributed by atoms with E-state index in [1.807, 2.05) is 25.3 Å². The molecule has 3 aromatic rings. The predicted octanol–water partition coefficient (Wildman–Crippen LogP) is 1.83. The van der Waals surface area contributed by atoms with Gasteiger partial charge < -0.3 is 15.2 Å². The molecule has 10 heteroatoms. The van der Waals surface area contributed by atoms with Crippen LogP contribution in [0.3, 0.4) is 0 Å². The number of pyridine rings is 2. The smallest absolute Gasteiger partial charge is 0.271 e. The lowest BCUT2D eigenvalue weighted by molar-refractivity contribution is 0.0855. The number of nitrogens with one attached hydrogen (secondary N) is 2. The summed E-state index contributed by atoms with van der Waals surface area (Å²) in [4.78, 5) is 45.0. The molecule has 2 N–H and O–H groups in total. The zero-order valence-electron chi connectivity index (χ0n) is 19.1. The van der Waals surface area contributed by atoms with Gasteiger partial charge in [-0.25, -0.2) is 14.4 Å². The fraction of sp³-hybridized carbons (Fsp3) is 0.458. The number of H-pyrrole nitrogens is 1. The topological polar surface area (TPSA) is 107 Å². The Morgan fingerprint density at radius 2 is 1.91 bits per heavy atom. The Morgan fingerprint density at radius 1 is 1.12 bits per heavy atom. The molecule has 1 aliphatic heterocycles. The number of amides is 1. The quantitative estimate of drug-likeness (QED) is 0.572. The van der Waals surface area contributed by atoms with Gasteiger partial charge in [-0.15, -0.1) is 0 Å². The monoisotopic (exact) mass is 465 g/mol. The highest BCUT2D eigenvalue weighted by atomic mass is 19.1. The molecule has 0 atom stereocenters. The molecule has 178 valence electrons. The van der Waals surface area contributed by atoms with Crippen LogP contribution in [0.4, 0.5) is 10.2 Å². The minimum Gasteiger partial charge on any atom is -0.353 e. The Morgan fingerprint density at radius 3 is 2.59 bits per heavy atom. The van der Waals surface area contributed by atoms with Gasteiger partial charge in [0, 0.05) is 50.5 Å². The minimum atomic E-state index is -0.812. The van der Waals surface area contributed by atoms with Crippen LogP contribution < -0.4 is 15.8 Å². The number of halogens is 1. The van der Waals surface area contributed by atoms with E-state index in [-0.39, 0.29) is 23.2 Å². The molecule has 0 unspecified atom stereocenters. The third-order valence-electron chi connectivity index (χ3n) is 6.60. The van der Waals surface area contributed by atoms with Gasteiger partial charge in [-0.05, 0) is 37.0 Å². The van der Waals surface area contributed by atoms with Crippen molar-refractivity contribution in [2.45, 2.75) is 44.9 Å². The number of fused-ring (bicyclic) bond motifs is 1. The number of hydrogen-bond acceptors (Lipinski definition) is 7. The number of aryl methyl sites for hydroxylation is 1. The second kappa shape index (κ2) is 9.46. The highest BCUT2D eigenvalue weighted by molar-refractivity contribution is 5.92. The van der Waals surface area contributed by atoms with E-state index in [9.17, 15) is 14.0 Å². The van der Waals surface area contributed by atoms with E-state index < -0.39 is 6.17 Å². The average Bonchev–Trinajstić information content (AvgIpc) is 2.83. The number of anilines is 1. The van der Waals surface area contributed by atoms with Crippen LogP contribution in [0.5, 0.6) is 0 Å². The molecule has 3 aromatic heterocycles. The molecule has 9 nitrogen and oxygen atoms in total. The van der Waals surface area contributed by atoms with Gasteiger partial charge in [0.15, 0.2) is 0 Å². The summed E-state index contributed by atoms with van der Waals surface area (Å²) in [7, 11) is 0. The third kappa shape index (κ3) is 4.77. The average molecular weight is 466 g/mol. The number of alkyl halides is 1. The molecule has 0 spiro atoms. The minimum absolute atomic E-state index is 0.0522. The van der Waals surface area contributed by atoms with Gasteiger partial charge in [-0.3, -0.25) is 19.5 Å². The molecule has 0 radical (unpaired) electrons. The van der Waals surface area contributed by atoms with E-state index in [4.69, 9.17) is 0 Å². The summed E-state index contributed by atoms with van der Waals surface area (Å²) in [6.07, 6.45) is 5.59. The molecule has 1 saturated heterocycles. The van der Waals surface area contributed by atoms with Crippen LogP contribution in [0, 0.1) is 0 Å². The lowest BCUT2D eigenvalue weighted by atomic mass is 9.91. The van der Waals surface area contributed by atoms with Crippen molar-refractivity contribution >= 4 is 22.8 Å². The van der Waals surface area contributed by atoms with Crippen molar-refractivity contribution < 1.29 is 9.18 Å². The highest BCUT2D eigenvalue weighted by Gasteiger charge is 2.30. The molecule has 0 aromatic carbocycles. The zero-order valence-corrected chi connectivity index (χ0v) is 19.1. The standard InChI is InChI=1S/C24H28FN7O2/c1-2-16-8-19-20(30-23(16)33)7-15(11-26-19)14-31-3-5-32(6-4-31)22-13-27-21(12-28-22)24(34)29-18-9-17(25)10-18/h7-8,11-13,17-18H,2-6,9-10,14H2,1H3,(H,29,34)(H,30,33). The third-order valence-corrected chi connectivity index (χ3v) is 6.60. The number of rotatable bonds is 6. The van der Waals surface area contributed by atoms with E-state index in [0.717, 1.165) is 60.7 Å². The summed E-state index contributed by atoms with van der Waals surface area (Å²) in [5.74, 6) is 0.428. The van der Waals surface area contributed by atoms with Crippen LogP contribution in [-0.2, 0) is 13.0 Å². The van der Waals surface area contributed by atoms with Gasteiger partial charge in [-0.2, -0.15) is 0 Å². The molecule has 5 rings (SSSR count). The maximum Gasteiger partial charge on any atom is 0.271 e. The van der Waals surface area contributed by atoms with Crippen LogP contribution in [-0.4, -0.2) is 69.1 Å². The second-order valence-electron chi connectivity index (χ2n) is 9.02. The van der Waals surface area contributed by atoms with E-state index in [1.165, 1.54) is 6.20 Å². The van der Waals surface area contributed by atoms with Crippen molar-refractivity contribution in [2.24, 2.45) is 0 Å². The number of hydrogen-bond donors (Lipinski definition) is 2. The fourth-order valence-electron chi connectivity index (χ4n) is 4.44. The molecule has 2 aliphatic rings. The van der Waals surface area contributed by atoms with Crippen molar-refractivity contribution in [3.63, 3.8) is 0 Å². The summed E-state index contributed by atoms with van der Waals surface area (Å²) in [5, 5.41) is 2.78. The summed E-state index contributed by atoms with van der Waals surface area (Å²) in [5.41, 5.74) is 3.57. The Bertz CT molecular complexity index is 1230. The Hall–Kier alpha value is -3.40. The Kier molecular flexibility index (Phi) is 6.23. The number of aromatic nitrogens is 4. The van der Waals surface area contributed by atoms with Crippen molar-refractivity contribution in [2.75, 3.05) is 31.1 Å². The Labute approximate surface area is 196 Å².